The Balaban J connectivity index is 1.48. The first kappa shape index (κ1) is 35.2. The number of nitrogens with two attached hydrogens (primary N) is 2. The third-order valence-electron chi connectivity index (χ3n) is 7.34. The zero-order valence-electron chi connectivity index (χ0n) is 25.9. The molecule has 47 heavy (non-hydrogen) atoms. The van der Waals surface area contributed by atoms with E-state index < -0.39 is 51.6 Å². The van der Waals surface area contributed by atoms with Crippen LogP contribution in [0.25, 0.3) is 11.1 Å². The summed E-state index contributed by atoms with van der Waals surface area (Å²) in [4.78, 5) is 49.0. The molecule has 0 aliphatic carbocycles. The number of anilines is 2. The molecular weight excluding hydrogens is 658 g/mol. The van der Waals surface area contributed by atoms with Crippen LogP contribution in [0.1, 0.15) is 26.0 Å². The van der Waals surface area contributed by atoms with Crippen LogP contribution >= 0.6 is 11.3 Å². The highest BCUT2D eigenvalue weighted by Crippen LogP contribution is 2.33. The maximum Gasteiger partial charge on any atom is 0.418 e. The lowest BCUT2D eigenvalue weighted by Crippen LogP contribution is -2.76. The smallest absolute Gasteiger partial charge is 0.418 e. The standard InChI is InChI=1S/C27H35N9O9S2/c1-27(2)22(24(38)36(27)45-47(41,42)43)31-23(37)21(19-15-46-26(29)30-19)32-44-20(25(39)40)14-33(3)18-8-6-16(7-9-18)17-12-34(4)35(13-17)11-5-10-28/h6-9,12-13,15,20,22H,5,10-11,14,28H2,1-4H3,(H4-,29,30,31,37,39,40,41,42,43)/p+1. The predicted octanol–water partition coefficient (Wildman–Crippen LogP) is -0.483. The van der Waals surface area contributed by atoms with Crippen molar-refractivity contribution in [2.24, 2.45) is 17.9 Å². The van der Waals surface area contributed by atoms with E-state index in [1.165, 1.54) is 19.2 Å². The minimum absolute atomic E-state index is 0.0565. The van der Waals surface area contributed by atoms with Crippen LogP contribution in [0.3, 0.4) is 0 Å². The number of carbonyl (C=O) groups excluding carboxylic acids is 2. The Hall–Kier alpha value is -4.63. The number of likely N-dealkylation sites (N-methyl/N-ethyl adjacent to an activating group) is 1. The number of hydroxylamine groups is 2. The quantitative estimate of drug-likeness (QED) is 0.0444. The fraction of sp³-hybridized carbons (Fsp3) is 0.407. The molecule has 0 saturated carbocycles. The number of hydrogen-bond acceptors (Lipinski definition) is 13. The van der Waals surface area contributed by atoms with Crippen LogP contribution in [0.4, 0.5) is 10.8 Å². The number of thiazole rings is 1. The van der Waals surface area contributed by atoms with E-state index in [9.17, 15) is 27.9 Å². The molecule has 1 aliphatic heterocycles. The fourth-order valence-electron chi connectivity index (χ4n) is 4.74. The average Bonchev–Trinajstić information content (AvgIpc) is 3.61. The van der Waals surface area contributed by atoms with E-state index in [-0.39, 0.29) is 17.4 Å². The first-order valence-corrected chi connectivity index (χ1v) is 16.3. The number of carboxylic acids is 1. The van der Waals surface area contributed by atoms with E-state index in [1.807, 2.05) is 48.4 Å². The Morgan fingerprint density at radius 3 is 2.51 bits per heavy atom. The molecule has 2 unspecified atom stereocenters. The van der Waals surface area contributed by atoms with Gasteiger partial charge in [0, 0.05) is 18.1 Å². The molecule has 3 heterocycles. The van der Waals surface area contributed by atoms with E-state index >= 15 is 0 Å². The number of oxime groups is 1. The van der Waals surface area contributed by atoms with Gasteiger partial charge in [0.15, 0.2) is 17.9 Å². The number of nitrogen functional groups attached to an aromatic ring is 1. The summed E-state index contributed by atoms with van der Waals surface area (Å²) >= 11 is 0.978. The summed E-state index contributed by atoms with van der Waals surface area (Å²) in [5.74, 6) is -3.34. The second-order valence-electron chi connectivity index (χ2n) is 11.2. The normalized spacial score (nSPS) is 16.8. The number of nitrogens with one attached hydrogen (secondary N) is 1. The van der Waals surface area contributed by atoms with E-state index in [0.717, 1.165) is 35.4 Å². The van der Waals surface area contributed by atoms with E-state index in [0.29, 0.717) is 17.3 Å². The first-order chi connectivity index (χ1) is 22.0. The molecule has 18 nitrogen and oxygen atoms in total. The molecule has 0 spiro atoms. The molecule has 3 aromatic rings. The summed E-state index contributed by atoms with van der Waals surface area (Å²) in [7, 11) is -1.40. The number of aromatic nitrogens is 3. The van der Waals surface area contributed by atoms with Crippen LogP contribution in [0, 0.1) is 0 Å². The Bertz CT molecular complexity index is 1770. The largest absolute Gasteiger partial charge is 0.478 e. The van der Waals surface area contributed by atoms with Crippen molar-refractivity contribution in [1.82, 2.24) is 20.0 Å². The fourth-order valence-corrected chi connectivity index (χ4v) is 5.74. The number of carbonyl (C=O) groups is 3. The summed E-state index contributed by atoms with van der Waals surface area (Å²) < 4.78 is 39.5. The Morgan fingerprint density at radius 1 is 1.28 bits per heavy atom. The minimum Gasteiger partial charge on any atom is -0.478 e. The highest BCUT2D eigenvalue weighted by Gasteiger charge is 2.58. The highest BCUT2D eigenvalue weighted by atomic mass is 32.3. The van der Waals surface area contributed by atoms with Gasteiger partial charge in [0.2, 0.25) is 12.3 Å². The number of β-lactam (4-membered cyclic amide) rings is 1. The number of benzene rings is 1. The SMILES string of the molecule is CN(CC(ON=C(C(=O)NC1C(=O)N(OS(=O)(=O)O)C1(C)C)c1csc(N)n1)C(=O)O)c1ccc(-c2cn(CCCN)[n+](C)c2)cc1. The van der Waals surface area contributed by atoms with Gasteiger partial charge in [0.05, 0.1) is 30.4 Å². The molecule has 1 aromatic carbocycles. The van der Waals surface area contributed by atoms with Gasteiger partial charge >= 0.3 is 16.4 Å². The van der Waals surface area contributed by atoms with Crippen LogP contribution in [0.5, 0.6) is 0 Å². The zero-order valence-corrected chi connectivity index (χ0v) is 27.6. The topological polar surface area (TPSA) is 249 Å². The van der Waals surface area contributed by atoms with Crippen molar-refractivity contribution in [3.05, 3.63) is 47.7 Å². The van der Waals surface area contributed by atoms with Crippen molar-refractivity contribution in [3.8, 4) is 11.1 Å². The van der Waals surface area contributed by atoms with Crippen LogP contribution in [-0.2, 0) is 47.5 Å². The zero-order chi connectivity index (χ0) is 34.7. The molecule has 254 valence electrons. The van der Waals surface area contributed by atoms with E-state index in [4.69, 9.17) is 20.9 Å². The summed E-state index contributed by atoms with van der Waals surface area (Å²) in [6.07, 6.45) is 3.32. The van der Waals surface area contributed by atoms with Gasteiger partial charge in [-0.15, -0.1) is 20.3 Å². The molecule has 0 bridgehead atoms. The lowest BCUT2D eigenvalue weighted by atomic mass is 9.84. The number of aryl methyl sites for hydroxylation is 2. The second-order valence-corrected chi connectivity index (χ2v) is 13.1. The summed E-state index contributed by atoms with van der Waals surface area (Å²) in [5.41, 5.74) is 12.0. The molecule has 7 N–H and O–H groups in total. The van der Waals surface area contributed by atoms with Crippen molar-refractivity contribution in [2.45, 2.75) is 44.5 Å². The van der Waals surface area contributed by atoms with Gasteiger partial charge < -0.3 is 31.6 Å². The Kier molecular flexibility index (Phi) is 10.5. The van der Waals surface area contributed by atoms with Crippen LogP contribution < -0.4 is 26.4 Å². The van der Waals surface area contributed by atoms with Gasteiger partial charge in [0.25, 0.3) is 11.8 Å². The third-order valence-corrected chi connectivity index (χ3v) is 8.35. The van der Waals surface area contributed by atoms with Crippen LogP contribution in [0.2, 0.25) is 0 Å². The number of nitrogens with zero attached hydrogens (tertiary/aromatic N) is 6. The number of amides is 2. The molecular formula is C27H36N9O9S2+. The molecule has 2 amide bonds. The number of aliphatic carboxylic acids is 1. The number of carboxylic acid groups (broad SMARTS) is 1. The molecule has 20 heteroatoms. The van der Waals surface area contributed by atoms with Crippen LogP contribution in [-0.4, -0.2) is 94.1 Å². The summed E-state index contributed by atoms with van der Waals surface area (Å²) in [6, 6.07) is 6.16. The third kappa shape index (κ3) is 8.21. The van der Waals surface area contributed by atoms with Gasteiger partial charge in [-0.2, -0.15) is 18.2 Å². The average molecular weight is 695 g/mol. The maximum atomic E-state index is 13.3. The summed E-state index contributed by atoms with van der Waals surface area (Å²) in [6.45, 7) is 3.95. The van der Waals surface area contributed by atoms with E-state index in [2.05, 4.69) is 24.4 Å². The predicted molar refractivity (Wildman–Crippen MR) is 169 cm³/mol. The van der Waals surface area contributed by atoms with Crippen molar-refractivity contribution < 1.29 is 46.3 Å². The Labute approximate surface area is 274 Å². The van der Waals surface area contributed by atoms with Crippen molar-refractivity contribution >= 4 is 56.1 Å². The molecule has 1 saturated heterocycles. The minimum atomic E-state index is -5.01. The first-order valence-electron chi connectivity index (χ1n) is 14.1. The van der Waals surface area contributed by atoms with Crippen molar-refractivity contribution in [2.75, 3.05) is 30.8 Å². The van der Waals surface area contributed by atoms with Gasteiger partial charge in [0.1, 0.15) is 11.7 Å². The lowest BCUT2D eigenvalue weighted by molar-refractivity contribution is -0.753. The van der Waals surface area contributed by atoms with Crippen molar-refractivity contribution in [1.29, 1.82) is 0 Å². The van der Waals surface area contributed by atoms with Gasteiger partial charge in [-0.1, -0.05) is 17.3 Å². The molecule has 0 radical (unpaired) electrons. The lowest BCUT2D eigenvalue weighted by Gasteiger charge is -2.50. The molecule has 2 aromatic heterocycles. The van der Waals surface area contributed by atoms with Gasteiger partial charge in [-0.25, -0.2) is 9.78 Å². The number of hydrogen-bond donors (Lipinski definition) is 5. The molecule has 1 fully saturated rings. The van der Waals surface area contributed by atoms with Gasteiger partial charge in [-0.3, -0.25) is 14.1 Å². The van der Waals surface area contributed by atoms with Crippen molar-refractivity contribution in [3.63, 3.8) is 0 Å². The Morgan fingerprint density at radius 2 is 1.96 bits per heavy atom. The van der Waals surface area contributed by atoms with Crippen LogP contribution in [0.15, 0.2) is 47.2 Å². The molecule has 2 atom stereocenters. The number of rotatable bonds is 15. The molecule has 4 rings (SSSR count). The molecule has 1 aliphatic rings. The maximum absolute atomic E-state index is 13.3. The van der Waals surface area contributed by atoms with E-state index in [1.54, 1.807) is 11.9 Å². The second kappa shape index (κ2) is 14.0. The monoisotopic (exact) mass is 694 g/mol. The van der Waals surface area contributed by atoms with Gasteiger partial charge in [-0.05, 0) is 44.5 Å². The summed E-state index contributed by atoms with van der Waals surface area (Å²) in [5, 5.41) is 17.9. The highest BCUT2D eigenvalue weighted by molar-refractivity contribution is 7.80.